The lowest BCUT2D eigenvalue weighted by molar-refractivity contribution is -0.121. The van der Waals surface area contributed by atoms with Crippen LogP contribution in [0.5, 0.6) is 0 Å². The molecule has 1 heterocycles. The van der Waals surface area contributed by atoms with Gasteiger partial charge in [-0.3, -0.25) is 9.59 Å². The number of Topliss-reactive ketones (excluding diaryl/α,β-unsaturated/α-hetero) is 1. The van der Waals surface area contributed by atoms with Gasteiger partial charge in [0.15, 0.2) is 5.78 Å². The summed E-state index contributed by atoms with van der Waals surface area (Å²) in [6, 6.07) is 6.36. The Labute approximate surface area is 125 Å². The molecule has 0 radical (unpaired) electrons. The minimum atomic E-state index is 0.00445. The number of carbonyl (C=O) groups is 2. The van der Waals surface area contributed by atoms with Crippen molar-refractivity contribution in [1.82, 2.24) is 10.6 Å². The van der Waals surface area contributed by atoms with Gasteiger partial charge in [-0.2, -0.15) is 0 Å². The van der Waals surface area contributed by atoms with Crippen LogP contribution in [0.25, 0.3) is 0 Å². The van der Waals surface area contributed by atoms with Gasteiger partial charge in [-0.1, -0.05) is 12.1 Å². The van der Waals surface area contributed by atoms with E-state index in [-0.39, 0.29) is 11.7 Å². The average Bonchev–Trinajstić information content (AvgIpc) is 3.30. The maximum atomic E-state index is 12.2. The molecule has 1 aliphatic carbocycles. The lowest BCUT2D eigenvalue weighted by Gasteiger charge is -2.08. The molecule has 3 rings (SSSR count). The third-order valence-corrected chi connectivity index (χ3v) is 4.19. The van der Waals surface area contributed by atoms with Crippen LogP contribution in [0.1, 0.15) is 47.2 Å². The molecular formula is C17H22N2O2. The predicted octanol–water partition coefficient (Wildman–Crippen LogP) is 1.62. The summed E-state index contributed by atoms with van der Waals surface area (Å²) in [6.07, 6.45) is 4.76. The Morgan fingerprint density at radius 2 is 1.86 bits per heavy atom. The second kappa shape index (κ2) is 6.39. The lowest BCUT2D eigenvalue weighted by atomic mass is 9.97. The van der Waals surface area contributed by atoms with E-state index >= 15 is 0 Å². The first-order chi connectivity index (χ1) is 10.2. The first kappa shape index (κ1) is 14.3. The van der Waals surface area contributed by atoms with Gasteiger partial charge in [0.1, 0.15) is 0 Å². The maximum Gasteiger partial charge on any atom is 0.220 e. The molecule has 2 aliphatic rings. The number of ketones is 1. The molecule has 1 aliphatic heterocycles. The number of carbonyl (C=O) groups excluding carboxylic acids is 2. The van der Waals surface area contributed by atoms with E-state index in [0.29, 0.717) is 18.9 Å². The Hall–Kier alpha value is -1.68. The van der Waals surface area contributed by atoms with E-state index in [4.69, 9.17) is 0 Å². The Morgan fingerprint density at radius 1 is 1.10 bits per heavy atom. The molecule has 0 spiro atoms. The van der Waals surface area contributed by atoms with E-state index in [1.165, 1.54) is 11.1 Å². The molecule has 0 atom stereocenters. The van der Waals surface area contributed by atoms with Gasteiger partial charge >= 0.3 is 0 Å². The number of nitrogens with one attached hydrogen (secondary N) is 2. The molecule has 1 fully saturated rings. The van der Waals surface area contributed by atoms with Crippen LogP contribution in [-0.4, -0.2) is 30.8 Å². The van der Waals surface area contributed by atoms with Gasteiger partial charge in [-0.05, 0) is 56.0 Å². The molecule has 0 saturated heterocycles. The monoisotopic (exact) mass is 286 g/mol. The number of amides is 1. The minimum Gasteiger partial charge on any atom is -0.353 e. The van der Waals surface area contributed by atoms with Crippen molar-refractivity contribution in [1.29, 1.82) is 0 Å². The van der Waals surface area contributed by atoms with E-state index in [2.05, 4.69) is 16.7 Å². The molecule has 4 nitrogen and oxygen atoms in total. The number of rotatable bonds is 5. The molecule has 0 unspecified atom stereocenters. The molecule has 0 aromatic heterocycles. The summed E-state index contributed by atoms with van der Waals surface area (Å²) in [6.45, 7) is 1.97. The van der Waals surface area contributed by atoms with Crippen molar-refractivity contribution in [3.8, 4) is 0 Å². The quantitative estimate of drug-likeness (QED) is 0.809. The average molecular weight is 286 g/mol. The summed E-state index contributed by atoms with van der Waals surface area (Å²) >= 11 is 0. The number of benzene rings is 1. The molecule has 2 N–H and O–H groups in total. The Morgan fingerprint density at radius 3 is 2.62 bits per heavy atom. The fraction of sp³-hybridized carbons (Fsp3) is 0.529. The van der Waals surface area contributed by atoms with E-state index in [9.17, 15) is 9.59 Å². The van der Waals surface area contributed by atoms with Crippen molar-refractivity contribution in [2.45, 2.75) is 44.6 Å². The summed E-state index contributed by atoms with van der Waals surface area (Å²) in [5.41, 5.74) is 3.35. The van der Waals surface area contributed by atoms with E-state index in [0.717, 1.165) is 44.3 Å². The molecule has 1 aromatic carbocycles. The van der Waals surface area contributed by atoms with Crippen molar-refractivity contribution in [3.63, 3.8) is 0 Å². The van der Waals surface area contributed by atoms with E-state index in [1.54, 1.807) is 0 Å². The molecule has 1 saturated carbocycles. The standard InChI is InChI=1S/C17H22N2O2/c20-16(5-6-17(21)19-15-3-4-15)14-2-1-12-7-9-18-10-8-13(12)11-14/h1-2,11,15,18H,3-10H2,(H,19,21). The highest BCUT2D eigenvalue weighted by Crippen LogP contribution is 2.19. The topological polar surface area (TPSA) is 58.2 Å². The second-order valence-electron chi connectivity index (χ2n) is 6.00. The van der Waals surface area contributed by atoms with Crippen molar-refractivity contribution in [2.75, 3.05) is 13.1 Å². The Bertz CT molecular complexity index is 550. The second-order valence-corrected chi connectivity index (χ2v) is 6.00. The summed E-state index contributed by atoms with van der Waals surface area (Å²) in [5.74, 6) is 0.0748. The first-order valence-corrected chi connectivity index (χ1v) is 7.87. The highest BCUT2D eigenvalue weighted by molar-refractivity contribution is 5.98. The molecule has 112 valence electrons. The molecule has 1 aromatic rings. The number of hydrogen-bond donors (Lipinski definition) is 2. The fourth-order valence-corrected chi connectivity index (χ4v) is 2.75. The van der Waals surface area contributed by atoms with Crippen molar-refractivity contribution in [3.05, 3.63) is 34.9 Å². The van der Waals surface area contributed by atoms with Crippen LogP contribution in [0, 0.1) is 0 Å². The van der Waals surface area contributed by atoms with Gasteiger partial charge in [0.25, 0.3) is 0 Å². The zero-order valence-electron chi connectivity index (χ0n) is 12.3. The SMILES string of the molecule is O=C(CCC(=O)c1ccc2c(c1)CCNCC2)NC1CC1. The normalized spacial score (nSPS) is 17.7. The Kier molecular flexibility index (Phi) is 4.34. The predicted molar refractivity (Wildman–Crippen MR) is 81.4 cm³/mol. The van der Waals surface area contributed by atoms with Crippen molar-refractivity contribution >= 4 is 11.7 Å². The minimum absolute atomic E-state index is 0.00445. The molecule has 0 bridgehead atoms. The van der Waals surface area contributed by atoms with Crippen LogP contribution in [0.2, 0.25) is 0 Å². The molecule has 21 heavy (non-hydrogen) atoms. The van der Waals surface area contributed by atoms with Crippen LogP contribution in [0.3, 0.4) is 0 Å². The molecule has 4 heteroatoms. The first-order valence-electron chi connectivity index (χ1n) is 7.87. The van der Waals surface area contributed by atoms with Gasteiger partial charge in [-0.15, -0.1) is 0 Å². The lowest BCUT2D eigenvalue weighted by Crippen LogP contribution is -2.25. The largest absolute Gasteiger partial charge is 0.353 e. The van der Waals surface area contributed by atoms with Crippen LogP contribution in [-0.2, 0) is 17.6 Å². The highest BCUT2D eigenvalue weighted by Gasteiger charge is 2.23. The van der Waals surface area contributed by atoms with Crippen molar-refractivity contribution < 1.29 is 9.59 Å². The Balaban J connectivity index is 1.58. The summed E-state index contributed by atoms with van der Waals surface area (Å²) in [7, 11) is 0. The van der Waals surface area contributed by atoms with Gasteiger partial charge in [0, 0.05) is 24.4 Å². The van der Waals surface area contributed by atoms with E-state index in [1.807, 2.05) is 12.1 Å². The zero-order chi connectivity index (χ0) is 14.7. The summed E-state index contributed by atoms with van der Waals surface area (Å²) in [4.78, 5) is 23.9. The highest BCUT2D eigenvalue weighted by atomic mass is 16.2. The van der Waals surface area contributed by atoms with Crippen LogP contribution in [0.15, 0.2) is 18.2 Å². The third kappa shape index (κ3) is 3.91. The summed E-state index contributed by atoms with van der Waals surface area (Å²) in [5, 5.41) is 6.29. The van der Waals surface area contributed by atoms with Crippen LogP contribution in [0.4, 0.5) is 0 Å². The van der Waals surface area contributed by atoms with Gasteiger partial charge in [-0.25, -0.2) is 0 Å². The van der Waals surface area contributed by atoms with E-state index < -0.39 is 0 Å². The number of hydrogen-bond acceptors (Lipinski definition) is 3. The zero-order valence-corrected chi connectivity index (χ0v) is 12.3. The van der Waals surface area contributed by atoms with Crippen LogP contribution < -0.4 is 10.6 Å². The summed E-state index contributed by atoms with van der Waals surface area (Å²) < 4.78 is 0. The smallest absolute Gasteiger partial charge is 0.220 e. The maximum absolute atomic E-state index is 12.2. The van der Waals surface area contributed by atoms with Crippen LogP contribution >= 0.6 is 0 Å². The molecule has 1 amide bonds. The van der Waals surface area contributed by atoms with Crippen molar-refractivity contribution in [2.24, 2.45) is 0 Å². The fourth-order valence-electron chi connectivity index (χ4n) is 2.75. The van der Waals surface area contributed by atoms with Gasteiger partial charge in [0.2, 0.25) is 5.91 Å². The third-order valence-electron chi connectivity index (χ3n) is 4.19. The van der Waals surface area contributed by atoms with Gasteiger partial charge < -0.3 is 10.6 Å². The number of fused-ring (bicyclic) bond motifs is 1. The molecular weight excluding hydrogens is 264 g/mol. The van der Waals surface area contributed by atoms with Gasteiger partial charge in [0.05, 0.1) is 0 Å².